The number of halogens is 2. The molecule has 0 aliphatic carbocycles. The maximum absolute atomic E-state index is 11.9. The SMILES string of the molecule is CS(=O)(=O)c1cccc2[nH]c(-c3cc(Br)ccc3I)nc12. The van der Waals surface area contributed by atoms with Crippen LogP contribution < -0.4 is 0 Å². The smallest absolute Gasteiger partial charge is 0.177 e. The molecular formula is C14H10BrIN2O2S. The normalized spacial score (nSPS) is 12.0. The molecule has 108 valence electrons. The fourth-order valence-electron chi connectivity index (χ4n) is 2.11. The fourth-order valence-corrected chi connectivity index (χ4v) is 3.90. The zero-order chi connectivity index (χ0) is 15.2. The van der Waals surface area contributed by atoms with E-state index in [0.29, 0.717) is 16.9 Å². The van der Waals surface area contributed by atoms with Crippen molar-refractivity contribution in [3.8, 4) is 11.4 Å². The van der Waals surface area contributed by atoms with Gasteiger partial charge in [-0.05, 0) is 52.9 Å². The highest BCUT2D eigenvalue weighted by molar-refractivity contribution is 14.1. The van der Waals surface area contributed by atoms with Crippen molar-refractivity contribution in [1.82, 2.24) is 9.97 Å². The monoisotopic (exact) mass is 476 g/mol. The minimum absolute atomic E-state index is 0.243. The predicted octanol–water partition coefficient (Wildman–Crippen LogP) is 4.00. The molecular weight excluding hydrogens is 467 g/mol. The maximum atomic E-state index is 11.9. The van der Waals surface area contributed by atoms with E-state index < -0.39 is 9.84 Å². The van der Waals surface area contributed by atoms with E-state index >= 15 is 0 Å². The number of aromatic amines is 1. The molecule has 4 nitrogen and oxygen atoms in total. The summed E-state index contributed by atoms with van der Waals surface area (Å²) in [5, 5.41) is 0. The topological polar surface area (TPSA) is 62.8 Å². The number of aromatic nitrogens is 2. The zero-order valence-electron chi connectivity index (χ0n) is 10.9. The van der Waals surface area contributed by atoms with Crippen LogP contribution in [0.5, 0.6) is 0 Å². The third-order valence-electron chi connectivity index (χ3n) is 3.06. The second-order valence-electron chi connectivity index (χ2n) is 4.63. The third kappa shape index (κ3) is 2.86. The Bertz CT molecular complexity index is 951. The Morgan fingerprint density at radius 3 is 2.71 bits per heavy atom. The Labute approximate surface area is 144 Å². The number of para-hydroxylation sites is 1. The highest BCUT2D eigenvalue weighted by atomic mass is 127. The molecule has 0 amide bonds. The Morgan fingerprint density at radius 1 is 1.24 bits per heavy atom. The van der Waals surface area contributed by atoms with Crippen molar-refractivity contribution in [2.45, 2.75) is 4.90 Å². The summed E-state index contributed by atoms with van der Waals surface area (Å²) >= 11 is 5.67. The summed E-state index contributed by atoms with van der Waals surface area (Å²) in [6.07, 6.45) is 1.19. The molecule has 2 aromatic carbocycles. The lowest BCUT2D eigenvalue weighted by molar-refractivity contribution is 0.602. The molecule has 1 heterocycles. The summed E-state index contributed by atoms with van der Waals surface area (Å²) in [6, 6.07) is 11.0. The molecule has 1 aromatic heterocycles. The zero-order valence-corrected chi connectivity index (χ0v) is 15.5. The van der Waals surface area contributed by atoms with Crippen LogP contribution in [-0.4, -0.2) is 24.6 Å². The number of benzene rings is 2. The van der Waals surface area contributed by atoms with Crippen molar-refractivity contribution in [2.24, 2.45) is 0 Å². The van der Waals surface area contributed by atoms with Crippen LogP contribution in [-0.2, 0) is 9.84 Å². The molecule has 0 saturated heterocycles. The molecule has 0 aliphatic rings. The van der Waals surface area contributed by atoms with Gasteiger partial charge in [0.05, 0.1) is 10.4 Å². The molecule has 7 heteroatoms. The van der Waals surface area contributed by atoms with Gasteiger partial charge >= 0.3 is 0 Å². The van der Waals surface area contributed by atoms with E-state index in [0.717, 1.165) is 13.6 Å². The number of sulfone groups is 1. The molecule has 0 atom stereocenters. The number of rotatable bonds is 2. The van der Waals surface area contributed by atoms with Gasteiger partial charge in [0.1, 0.15) is 11.3 Å². The first-order chi connectivity index (χ1) is 9.86. The molecule has 0 bridgehead atoms. The number of fused-ring (bicyclic) bond motifs is 1. The Morgan fingerprint density at radius 2 is 2.00 bits per heavy atom. The molecule has 0 saturated carbocycles. The number of imidazole rings is 1. The molecule has 0 spiro atoms. The number of H-pyrrole nitrogens is 1. The molecule has 21 heavy (non-hydrogen) atoms. The molecule has 1 N–H and O–H groups in total. The van der Waals surface area contributed by atoms with Crippen LogP contribution in [0.15, 0.2) is 45.8 Å². The van der Waals surface area contributed by atoms with Gasteiger partial charge in [-0.3, -0.25) is 0 Å². The van der Waals surface area contributed by atoms with Crippen LogP contribution in [0.1, 0.15) is 0 Å². The minimum Gasteiger partial charge on any atom is -0.338 e. The van der Waals surface area contributed by atoms with Gasteiger partial charge < -0.3 is 4.98 Å². The standard InChI is InChI=1S/C14H10BrIN2O2S/c1-21(19,20)12-4-2-3-11-13(12)18-14(17-11)9-7-8(15)5-6-10(9)16/h2-7H,1H3,(H,17,18). The summed E-state index contributed by atoms with van der Waals surface area (Å²) in [4.78, 5) is 7.93. The summed E-state index contributed by atoms with van der Waals surface area (Å²) in [5.74, 6) is 0.659. The molecule has 3 aromatic rings. The highest BCUT2D eigenvalue weighted by Crippen LogP contribution is 2.30. The van der Waals surface area contributed by atoms with Gasteiger partial charge in [-0.15, -0.1) is 0 Å². The van der Waals surface area contributed by atoms with Gasteiger partial charge in [0.15, 0.2) is 9.84 Å². The van der Waals surface area contributed by atoms with Gasteiger partial charge in [-0.1, -0.05) is 22.0 Å². The van der Waals surface area contributed by atoms with Crippen LogP contribution in [0.3, 0.4) is 0 Å². The van der Waals surface area contributed by atoms with Crippen molar-refractivity contribution in [3.05, 3.63) is 44.4 Å². The van der Waals surface area contributed by atoms with E-state index in [1.807, 2.05) is 24.3 Å². The first kappa shape index (κ1) is 15.0. The molecule has 0 radical (unpaired) electrons. The van der Waals surface area contributed by atoms with Gasteiger partial charge in [-0.25, -0.2) is 13.4 Å². The fraction of sp³-hybridized carbons (Fsp3) is 0.0714. The van der Waals surface area contributed by atoms with Crippen molar-refractivity contribution < 1.29 is 8.42 Å². The van der Waals surface area contributed by atoms with Crippen LogP contribution >= 0.6 is 38.5 Å². The van der Waals surface area contributed by atoms with E-state index in [2.05, 4.69) is 48.5 Å². The van der Waals surface area contributed by atoms with Crippen LogP contribution in [0, 0.1) is 3.57 Å². The number of nitrogens with one attached hydrogen (secondary N) is 1. The second-order valence-corrected chi connectivity index (χ2v) is 8.70. The van der Waals surface area contributed by atoms with E-state index in [1.54, 1.807) is 12.1 Å². The average molecular weight is 477 g/mol. The van der Waals surface area contributed by atoms with Crippen molar-refractivity contribution in [2.75, 3.05) is 6.26 Å². The van der Waals surface area contributed by atoms with Gasteiger partial charge in [0.2, 0.25) is 0 Å². The number of hydrogen-bond donors (Lipinski definition) is 1. The average Bonchev–Trinajstić information content (AvgIpc) is 2.83. The van der Waals surface area contributed by atoms with Gasteiger partial charge in [0, 0.05) is 19.9 Å². The summed E-state index contributed by atoms with van der Waals surface area (Å²) in [6.45, 7) is 0. The largest absolute Gasteiger partial charge is 0.338 e. The molecule has 0 fully saturated rings. The van der Waals surface area contributed by atoms with Crippen LogP contribution in [0.25, 0.3) is 22.4 Å². The maximum Gasteiger partial charge on any atom is 0.177 e. The van der Waals surface area contributed by atoms with Crippen molar-refractivity contribution >= 4 is 59.4 Å². The number of nitrogens with zero attached hydrogens (tertiary/aromatic N) is 1. The van der Waals surface area contributed by atoms with Crippen LogP contribution in [0.2, 0.25) is 0 Å². The molecule has 0 aliphatic heterocycles. The summed E-state index contributed by atoms with van der Waals surface area (Å²) in [7, 11) is -3.31. The van der Waals surface area contributed by atoms with E-state index in [9.17, 15) is 8.42 Å². The van der Waals surface area contributed by atoms with Gasteiger partial charge in [0.25, 0.3) is 0 Å². The van der Waals surface area contributed by atoms with E-state index in [4.69, 9.17) is 0 Å². The first-order valence-corrected chi connectivity index (χ1v) is 9.77. The summed E-state index contributed by atoms with van der Waals surface area (Å²) < 4.78 is 25.7. The lowest BCUT2D eigenvalue weighted by Gasteiger charge is -2.01. The second kappa shape index (κ2) is 5.36. The van der Waals surface area contributed by atoms with Gasteiger partial charge in [-0.2, -0.15) is 0 Å². The number of hydrogen-bond acceptors (Lipinski definition) is 3. The Hall–Kier alpha value is -0.930. The molecule has 0 unspecified atom stereocenters. The highest BCUT2D eigenvalue weighted by Gasteiger charge is 2.16. The Balaban J connectivity index is 2.30. The van der Waals surface area contributed by atoms with E-state index in [-0.39, 0.29) is 4.90 Å². The quantitative estimate of drug-likeness (QED) is 0.568. The lowest BCUT2D eigenvalue weighted by Crippen LogP contribution is -1.97. The van der Waals surface area contributed by atoms with Crippen LogP contribution in [0.4, 0.5) is 0 Å². The first-order valence-electron chi connectivity index (χ1n) is 6.00. The third-order valence-corrected chi connectivity index (χ3v) is 5.62. The predicted molar refractivity (Wildman–Crippen MR) is 95.1 cm³/mol. The van der Waals surface area contributed by atoms with Crippen molar-refractivity contribution in [3.63, 3.8) is 0 Å². The lowest BCUT2D eigenvalue weighted by atomic mass is 10.2. The minimum atomic E-state index is -3.31. The summed E-state index contributed by atoms with van der Waals surface area (Å²) in [5.41, 5.74) is 2.12. The molecule has 3 rings (SSSR count). The van der Waals surface area contributed by atoms with Crippen molar-refractivity contribution in [1.29, 1.82) is 0 Å². The van der Waals surface area contributed by atoms with E-state index in [1.165, 1.54) is 6.26 Å². The Kier molecular flexibility index (Phi) is 3.83.